The fourth-order valence-electron chi connectivity index (χ4n) is 2.13. The van der Waals surface area contributed by atoms with Crippen molar-refractivity contribution >= 4 is 44.1 Å². The van der Waals surface area contributed by atoms with E-state index in [-0.39, 0.29) is 0 Å². The molecule has 0 spiro atoms. The molecule has 4 heteroatoms. The van der Waals surface area contributed by atoms with Gasteiger partial charge in [0.25, 0.3) is 0 Å². The number of nitrogens with one attached hydrogen (secondary N) is 2. The second-order valence-corrected chi connectivity index (χ2v) is 5.66. The van der Waals surface area contributed by atoms with Gasteiger partial charge in [0, 0.05) is 28.1 Å². The van der Waals surface area contributed by atoms with Gasteiger partial charge in [-0.2, -0.15) is 0 Å². The molecule has 0 aliphatic carbocycles. The van der Waals surface area contributed by atoms with Crippen molar-refractivity contribution in [1.29, 1.82) is 0 Å². The van der Waals surface area contributed by atoms with E-state index < -0.39 is 0 Å². The maximum absolute atomic E-state index is 6.19. The Hall–Kier alpha value is -1.45. The third-order valence-corrected chi connectivity index (χ3v) is 3.89. The number of aromatic nitrogens is 1. The molecular formula is C15H12BrClN2. The Balaban J connectivity index is 1.84. The summed E-state index contributed by atoms with van der Waals surface area (Å²) in [5, 5.41) is 5.33. The van der Waals surface area contributed by atoms with Crippen LogP contribution in [-0.4, -0.2) is 4.98 Å². The summed E-state index contributed by atoms with van der Waals surface area (Å²) < 4.78 is 0.982. The zero-order valence-electron chi connectivity index (χ0n) is 10.1. The predicted octanol–water partition coefficient (Wildman–Crippen LogP) is 5.20. The van der Waals surface area contributed by atoms with Crippen LogP contribution in [0.15, 0.2) is 53.1 Å². The molecule has 96 valence electrons. The van der Waals surface area contributed by atoms with Gasteiger partial charge in [-0.25, -0.2) is 0 Å². The van der Waals surface area contributed by atoms with Crippen LogP contribution in [-0.2, 0) is 6.54 Å². The van der Waals surface area contributed by atoms with Gasteiger partial charge in [0.15, 0.2) is 0 Å². The number of H-pyrrole nitrogens is 1. The smallest absolute Gasteiger partial charge is 0.0648 e. The number of hydrogen-bond acceptors (Lipinski definition) is 1. The van der Waals surface area contributed by atoms with E-state index in [9.17, 15) is 0 Å². The second-order valence-electron chi connectivity index (χ2n) is 4.33. The van der Waals surface area contributed by atoms with Gasteiger partial charge >= 0.3 is 0 Å². The Morgan fingerprint density at radius 1 is 1.16 bits per heavy atom. The van der Waals surface area contributed by atoms with Crippen LogP contribution in [0.3, 0.4) is 0 Å². The second kappa shape index (κ2) is 5.27. The summed E-state index contributed by atoms with van der Waals surface area (Å²) in [6.07, 6.45) is 1.96. The number of rotatable bonds is 3. The maximum Gasteiger partial charge on any atom is 0.0648 e. The molecule has 0 saturated carbocycles. The SMILES string of the molecule is Clc1cc(Br)ccc1NCc1cccc2[nH]ccc12. The molecule has 0 atom stereocenters. The highest BCUT2D eigenvalue weighted by atomic mass is 79.9. The van der Waals surface area contributed by atoms with Crippen LogP contribution in [0.25, 0.3) is 10.9 Å². The molecule has 1 heterocycles. The Bertz CT molecular complexity index is 721. The van der Waals surface area contributed by atoms with Gasteiger partial charge in [0.05, 0.1) is 10.7 Å². The van der Waals surface area contributed by atoms with E-state index in [2.05, 4.69) is 50.5 Å². The fraction of sp³-hybridized carbons (Fsp3) is 0.0667. The highest BCUT2D eigenvalue weighted by Gasteiger charge is 2.04. The third-order valence-electron chi connectivity index (χ3n) is 3.09. The van der Waals surface area contributed by atoms with Crippen molar-refractivity contribution in [3.05, 3.63) is 63.7 Å². The first-order valence-corrected chi connectivity index (χ1v) is 7.15. The lowest BCUT2D eigenvalue weighted by Gasteiger charge is -2.09. The van der Waals surface area contributed by atoms with Crippen molar-refractivity contribution in [2.24, 2.45) is 0 Å². The minimum atomic E-state index is 0.718. The van der Waals surface area contributed by atoms with Crippen molar-refractivity contribution in [3.8, 4) is 0 Å². The van der Waals surface area contributed by atoms with Gasteiger partial charge in [-0.15, -0.1) is 0 Å². The van der Waals surface area contributed by atoms with E-state index in [0.717, 1.165) is 27.2 Å². The van der Waals surface area contributed by atoms with Gasteiger partial charge in [0.2, 0.25) is 0 Å². The number of benzene rings is 2. The van der Waals surface area contributed by atoms with E-state index in [4.69, 9.17) is 11.6 Å². The normalized spacial score (nSPS) is 10.8. The molecule has 0 unspecified atom stereocenters. The third kappa shape index (κ3) is 2.62. The molecule has 0 fully saturated rings. The zero-order chi connectivity index (χ0) is 13.2. The van der Waals surface area contributed by atoms with E-state index in [1.54, 1.807) is 0 Å². The van der Waals surface area contributed by atoms with E-state index in [1.807, 2.05) is 24.4 Å². The van der Waals surface area contributed by atoms with Crippen LogP contribution in [0.5, 0.6) is 0 Å². The fourth-order valence-corrected chi connectivity index (χ4v) is 2.87. The molecule has 2 aromatic carbocycles. The maximum atomic E-state index is 6.19. The molecule has 1 aromatic heterocycles. The van der Waals surface area contributed by atoms with Crippen molar-refractivity contribution < 1.29 is 0 Å². The minimum Gasteiger partial charge on any atom is -0.380 e. The molecule has 0 amide bonds. The molecular weight excluding hydrogens is 324 g/mol. The van der Waals surface area contributed by atoms with Gasteiger partial charge < -0.3 is 10.3 Å². The van der Waals surface area contributed by atoms with E-state index >= 15 is 0 Å². The Kier molecular flexibility index (Phi) is 3.49. The Morgan fingerprint density at radius 3 is 2.89 bits per heavy atom. The summed E-state index contributed by atoms with van der Waals surface area (Å²) in [6.45, 7) is 0.747. The molecule has 0 radical (unpaired) electrons. The molecule has 0 aliphatic heterocycles. The van der Waals surface area contributed by atoms with Gasteiger partial charge in [-0.1, -0.05) is 39.7 Å². The largest absolute Gasteiger partial charge is 0.380 e. The van der Waals surface area contributed by atoms with Crippen molar-refractivity contribution in [2.75, 3.05) is 5.32 Å². The van der Waals surface area contributed by atoms with E-state index in [0.29, 0.717) is 0 Å². The number of hydrogen-bond donors (Lipinski definition) is 2. The summed E-state index contributed by atoms with van der Waals surface area (Å²) in [6, 6.07) is 14.2. The minimum absolute atomic E-state index is 0.718. The Labute approximate surface area is 124 Å². The first kappa shape index (κ1) is 12.6. The molecule has 2 nitrogen and oxygen atoms in total. The van der Waals surface area contributed by atoms with Crippen LogP contribution < -0.4 is 5.32 Å². The first-order chi connectivity index (χ1) is 9.24. The lowest BCUT2D eigenvalue weighted by molar-refractivity contribution is 1.17. The molecule has 3 rings (SSSR count). The standard InChI is InChI=1S/C15H12BrClN2/c16-11-4-5-15(13(17)8-11)19-9-10-2-1-3-14-12(10)6-7-18-14/h1-8,18-19H,9H2. The monoisotopic (exact) mass is 334 g/mol. The van der Waals surface area contributed by atoms with Crippen LogP contribution in [0.2, 0.25) is 5.02 Å². The highest BCUT2D eigenvalue weighted by Crippen LogP contribution is 2.26. The number of halogens is 2. The molecule has 0 saturated heterocycles. The average molecular weight is 336 g/mol. The van der Waals surface area contributed by atoms with Crippen molar-refractivity contribution in [3.63, 3.8) is 0 Å². The van der Waals surface area contributed by atoms with Crippen LogP contribution in [0, 0.1) is 0 Å². The molecule has 0 aliphatic rings. The van der Waals surface area contributed by atoms with Gasteiger partial charge in [0.1, 0.15) is 0 Å². The van der Waals surface area contributed by atoms with Gasteiger partial charge in [-0.3, -0.25) is 0 Å². The molecule has 2 N–H and O–H groups in total. The van der Waals surface area contributed by atoms with Crippen LogP contribution in [0.4, 0.5) is 5.69 Å². The quantitative estimate of drug-likeness (QED) is 0.677. The predicted molar refractivity (Wildman–Crippen MR) is 84.8 cm³/mol. The number of anilines is 1. The number of fused-ring (bicyclic) bond motifs is 1. The van der Waals surface area contributed by atoms with Gasteiger partial charge in [-0.05, 0) is 35.9 Å². The number of aromatic amines is 1. The average Bonchev–Trinajstić information content (AvgIpc) is 2.86. The van der Waals surface area contributed by atoms with Crippen LogP contribution >= 0.6 is 27.5 Å². The summed E-state index contributed by atoms with van der Waals surface area (Å²) in [5.41, 5.74) is 3.34. The topological polar surface area (TPSA) is 27.8 Å². The highest BCUT2D eigenvalue weighted by molar-refractivity contribution is 9.10. The molecule has 3 aromatic rings. The summed E-state index contributed by atoms with van der Waals surface area (Å²) in [5.74, 6) is 0. The molecule has 19 heavy (non-hydrogen) atoms. The van der Waals surface area contributed by atoms with Crippen molar-refractivity contribution in [2.45, 2.75) is 6.54 Å². The van der Waals surface area contributed by atoms with Crippen molar-refractivity contribution in [1.82, 2.24) is 4.98 Å². The summed E-state index contributed by atoms with van der Waals surface area (Å²) in [4.78, 5) is 3.22. The summed E-state index contributed by atoms with van der Waals surface area (Å²) >= 11 is 9.60. The van der Waals surface area contributed by atoms with Crippen LogP contribution in [0.1, 0.15) is 5.56 Å². The Morgan fingerprint density at radius 2 is 2.05 bits per heavy atom. The first-order valence-electron chi connectivity index (χ1n) is 5.98. The zero-order valence-corrected chi connectivity index (χ0v) is 12.4. The van der Waals surface area contributed by atoms with E-state index in [1.165, 1.54) is 10.9 Å². The molecule has 0 bridgehead atoms. The lowest BCUT2D eigenvalue weighted by Crippen LogP contribution is -2.00. The lowest BCUT2D eigenvalue weighted by atomic mass is 10.1. The summed E-state index contributed by atoms with van der Waals surface area (Å²) in [7, 11) is 0.